The minimum Gasteiger partial charge on any atom is -0.378 e. The van der Waals surface area contributed by atoms with Crippen LogP contribution in [0.5, 0.6) is 0 Å². The van der Waals surface area contributed by atoms with Crippen LogP contribution in [-0.2, 0) is 10.1 Å². The molecular weight excluding hydrogens is 260 g/mol. The summed E-state index contributed by atoms with van der Waals surface area (Å²) in [5, 5.41) is 13.5. The first kappa shape index (κ1) is 14.4. The minimum absolute atomic E-state index is 0.102. The molecule has 0 heterocycles. The molecule has 18 heavy (non-hydrogen) atoms. The summed E-state index contributed by atoms with van der Waals surface area (Å²) in [7, 11) is -4.21. The summed E-state index contributed by atoms with van der Waals surface area (Å²) in [6.45, 7) is 3.06. The van der Waals surface area contributed by atoms with Gasteiger partial charge in [-0.3, -0.25) is 14.7 Å². The van der Waals surface area contributed by atoms with Gasteiger partial charge < -0.3 is 5.32 Å². The van der Waals surface area contributed by atoms with E-state index >= 15 is 0 Å². The highest BCUT2D eigenvalue weighted by atomic mass is 32.2. The number of nitro groups is 1. The molecule has 0 aliphatic heterocycles. The van der Waals surface area contributed by atoms with Crippen LogP contribution in [0.15, 0.2) is 29.2 Å². The number of rotatable bonds is 5. The molecule has 7 nitrogen and oxygen atoms in total. The Labute approximate surface area is 105 Å². The van der Waals surface area contributed by atoms with E-state index in [2.05, 4.69) is 5.32 Å². The predicted octanol–water partition coefficient (Wildman–Crippen LogP) is 1.40. The number of hydrogen-bond donors (Lipinski definition) is 2. The highest BCUT2D eigenvalue weighted by Gasteiger charge is 2.30. The van der Waals surface area contributed by atoms with Gasteiger partial charge >= 0.3 is 0 Å². The molecule has 0 bridgehead atoms. The average molecular weight is 274 g/mol. The fourth-order valence-electron chi connectivity index (χ4n) is 1.13. The zero-order valence-electron chi connectivity index (χ0n) is 9.95. The molecule has 2 N–H and O–H groups in total. The third-order valence-electron chi connectivity index (χ3n) is 2.37. The van der Waals surface area contributed by atoms with Gasteiger partial charge in [-0.25, -0.2) is 0 Å². The molecule has 0 aliphatic carbocycles. The monoisotopic (exact) mass is 274 g/mol. The lowest BCUT2D eigenvalue weighted by atomic mass is 10.1. The first-order valence-corrected chi connectivity index (χ1v) is 6.53. The van der Waals surface area contributed by atoms with Gasteiger partial charge in [0.15, 0.2) is 0 Å². The van der Waals surface area contributed by atoms with E-state index in [1.165, 1.54) is 38.1 Å². The topological polar surface area (TPSA) is 110 Å². The SMILES string of the molecule is CC(C)(CNc1ccc(S(=O)(=O)O)cc1)[N+](=O)[O-]. The van der Waals surface area contributed by atoms with Gasteiger partial charge in [0.05, 0.1) is 11.4 Å². The van der Waals surface area contributed by atoms with Crippen molar-refractivity contribution in [2.45, 2.75) is 24.3 Å². The average Bonchev–Trinajstić information content (AvgIpc) is 2.25. The summed E-state index contributed by atoms with van der Waals surface area (Å²) in [5.41, 5.74) is -0.584. The lowest BCUT2D eigenvalue weighted by Crippen LogP contribution is -2.38. The Morgan fingerprint density at radius 2 is 1.83 bits per heavy atom. The van der Waals surface area contributed by atoms with Crippen LogP contribution in [0.2, 0.25) is 0 Å². The van der Waals surface area contributed by atoms with E-state index in [0.29, 0.717) is 5.69 Å². The van der Waals surface area contributed by atoms with E-state index in [9.17, 15) is 18.5 Å². The largest absolute Gasteiger partial charge is 0.378 e. The summed E-state index contributed by atoms with van der Waals surface area (Å²) in [4.78, 5) is 10.1. The fraction of sp³-hybridized carbons (Fsp3) is 0.400. The molecule has 1 aromatic carbocycles. The van der Waals surface area contributed by atoms with Crippen LogP contribution < -0.4 is 5.32 Å². The van der Waals surface area contributed by atoms with E-state index < -0.39 is 20.6 Å². The summed E-state index contributed by atoms with van der Waals surface area (Å²) >= 11 is 0. The maximum absolute atomic E-state index is 10.8. The summed E-state index contributed by atoms with van der Waals surface area (Å²) < 4.78 is 30.4. The molecule has 0 saturated carbocycles. The van der Waals surface area contributed by atoms with Crippen molar-refractivity contribution >= 4 is 15.8 Å². The summed E-state index contributed by atoms with van der Waals surface area (Å²) in [6.07, 6.45) is 0. The van der Waals surface area contributed by atoms with Gasteiger partial charge in [0.25, 0.3) is 10.1 Å². The van der Waals surface area contributed by atoms with E-state index in [4.69, 9.17) is 4.55 Å². The third-order valence-corrected chi connectivity index (χ3v) is 3.24. The smallest absolute Gasteiger partial charge is 0.294 e. The normalized spacial score (nSPS) is 12.2. The molecule has 1 aromatic rings. The molecule has 0 aliphatic rings. The van der Waals surface area contributed by atoms with Crippen molar-refractivity contribution in [2.75, 3.05) is 11.9 Å². The van der Waals surface area contributed by atoms with Gasteiger partial charge in [-0.05, 0) is 24.3 Å². The molecule has 0 aromatic heterocycles. The van der Waals surface area contributed by atoms with Crippen molar-refractivity contribution in [1.82, 2.24) is 0 Å². The Morgan fingerprint density at radius 3 is 2.22 bits per heavy atom. The minimum atomic E-state index is -4.21. The third kappa shape index (κ3) is 3.67. The van der Waals surface area contributed by atoms with E-state index in [1.807, 2.05) is 0 Å². The number of nitrogens with one attached hydrogen (secondary N) is 1. The van der Waals surface area contributed by atoms with Gasteiger partial charge in [-0.2, -0.15) is 8.42 Å². The van der Waals surface area contributed by atoms with E-state index in [0.717, 1.165) is 0 Å². The standard InChI is InChI=1S/C10H14N2O5S/c1-10(2,12(13)14)7-11-8-3-5-9(6-4-8)18(15,16)17/h3-6,11H,7H2,1-2H3,(H,15,16,17). The van der Waals surface area contributed by atoms with Crippen LogP contribution in [0.4, 0.5) is 5.69 Å². The van der Waals surface area contributed by atoms with Crippen molar-refractivity contribution < 1.29 is 17.9 Å². The van der Waals surface area contributed by atoms with Crippen LogP contribution in [0.25, 0.3) is 0 Å². The van der Waals surface area contributed by atoms with Crippen molar-refractivity contribution in [3.8, 4) is 0 Å². The zero-order chi connectivity index (χ0) is 14.0. The first-order valence-electron chi connectivity index (χ1n) is 5.09. The van der Waals surface area contributed by atoms with Crippen molar-refractivity contribution in [2.24, 2.45) is 0 Å². The van der Waals surface area contributed by atoms with Gasteiger partial charge in [0.1, 0.15) is 0 Å². The molecule has 0 radical (unpaired) electrons. The Morgan fingerprint density at radius 1 is 1.33 bits per heavy atom. The fourth-order valence-corrected chi connectivity index (χ4v) is 1.61. The van der Waals surface area contributed by atoms with Crippen molar-refractivity contribution in [3.05, 3.63) is 34.4 Å². The van der Waals surface area contributed by atoms with Crippen LogP contribution in [-0.4, -0.2) is 30.0 Å². The maximum atomic E-state index is 10.8. The van der Waals surface area contributed by atoms with Gasteiger partial charge in [0.2, 0.25) is 5.54 Å². The highest BCUT2D eigenvalue weighted by Crippen LogP contribution is 2.15. The quantitative estimate of drug-likeness (QED) is 0.477. The Bertz CT molecular complexity index is 536. The zero-order valence-corrected chi connectivity index (χ0v) is 10.8. The number of benzene rings is 1. The van der Waals surface area contributed by atoms with Crippen molar-refractivity contribution in [3.63, 3.8) is 0 Å². The molecule has 0 atom stereocenters. The Hall–Kier alpha value is -1.67. The molecule has 0 amide bonds. The molecule has 0 unspecified atom stereocenters. The molecular formula is C10H14N2O5S. The first-order chi connectivity index (χ1) is 8.13. The second kappa shape index (κ2) is 4.91. The maximum Gasteiger partial charge on any atom is 0.294 e. The molecule has 8 heteroatoms. The number of anilines is 1. The summed E-state index contributed by atoms with van der Waals surface area (Å²) in [6, 6.07) is 5.30. The van der Waals surface area contributed by atoms with Gasteiger partial charge in [0, 0.05) is 24.5 Å². The second-order valence-electron chi connectivity index (χ2n) is 4.42. The van der Waals surface area contributed by atoms with Crippen LogP contribution in [0, 0.1) is 10.1 Å². The lowest BCUT2D eigenvalue weighted by molar-refractivity contribution is -0.556. The number of nitrogens with zero attached hydrogens (tertiary/aromatic N) is 1. The number of hydrogen-bond acceptors (Lipinski definition) is 5. The summed E-state index contributed by atoms with van der Waals surface area (Å²) in [5.74, 6) is 0. The Kier molecular flexibility index (Phi) is 3.92. The molecule has 0 fully saturated rings. The van der Waals surface area contributed by atoms with Crippen LogP contribution in [0.1, 0.15) is 13.8 Å². The molecule has 100 valence electrons. The molecule has 0 saturated heterocycles. The van der Waals surface area contributed by atoms with E-state index in [-0.39, 0.29) is 11.4 Å². The second-order valence-corrected chi connectivity index (χ2v) is 5.84. The van der Waals surface area contributed by atoms with Crippen LogP contribution >= 0.6 is 0 Å². The van der Waals surface area contributed by atoms with Gasteiger partial charge in [-0.1, -0.05) is 0 Å². The predicted molar refractivity (Wildman–Crippen MR) is 65.8 cm³/mol. The highest BCUT2D eigenvalue weighted by molar-refractivity contribution is 7.85. The molecule has 1 rings (SSSR count). The molecule has 0 spiro atoms. The van der Waals surface area contributed by atoms with Crippen LogP contribution in [0.3, 0.4) is 0 Å². The lowest BCUT2D eigenvalue weighted by Gasteiger charge is -2.16. The van der Waals surface area contributed by atoms with Crippen molar-refractivity contribution in [1.29, 1.82) is 0 Å². The van der Waals surface area contributed by atoms with Gasteiger partial charge in [-0.15, -0.1) is 0 Å². The van der Waals surface area contributed by atoms with E-state index in [1.54, 1.807) is 0 Å². The Balaban J connectivity index is 2.74.